The van der Waals surface area contributed by atoms with Crippen LogP contribution in [0.5, 0.6) is 0 Å². The standard InChI is InChI=1S/C13H19FN2O/c1-3-15-8-5-9-16-13(17)11-7-4-6-10(2)12(11)14/h4,6-7,15H,3,5,8-9H2,1-2H3,(H,16,17). The maximum Gasteiger partial charge on any atom is 0.254 e. The van der Waals surface area contributed by atoms with Gasteiger partial charge in [-0.05, 0) is 38.1 Å². The highest BCUT2D eigenvalue weighted by molar-refractivity contribution is 5.94. The summed E-state index contributed by atoms with van der Waals surface area (Å²) in [4.78, 5) is 11.7. The number of carbonyl (C=O) groups excluding carboxylic acids is 1. The highest BCUT2D eigenvalue weighted by Crippen LogP contribution is 2.11. The first-order chi connectivity index (χ1) is 8.16. The third-order valence-corrected chi connectivity index (χ3v) is 2.50. The topological polar surface area (TPSA) is 41.1 Å². The molecule has 94 valence electrons. The van der Waals surface area contributed by atoms with Gasteiger partial charge in [0.05, 0.1) is 5.56 Å². The van der Waals surface area contributed by atoms with Crippen molar-refractivity contribution < 1.29 is 9.18 Å². The maximum atomic E-state index is 13.6. The van der Waals surface area contributed by atoms with Crippen LogP contribution in [0, 0.1) is 12.7 Å². The molecule has 0 aliphatic rings. The Labute approximate surface area is 101 Å². The Morgan fingerprint density at radius 3 is 2.82 bits per heavy atom. The van der Waals surface area contributed by atoms with E-state index in [2.05, 4.69) is 10.6 Å². The first kappa shape index (κ1) is 13.6. The molecule has 0 atom stereocenters. The van der Waals surface area contributed by atoms with Crippen LogP contribution in [0.15, 0.2) is 18.2 Å². The van der Waals surface area contributed by atoms with Crippen molar-refractivity contribution in [1.82, 2.24) is 10.6 Å². The van der Waals surface area contributed by atoms with Gasteiger partial charge in [-0.15, -0.1) is 0 Å². The normalized spacial score (nSPS) is 10.3. The molecular formula is C13H19FN2O. The molecule has 0 aliphatic heterocycles. The number of aryl methyl sites for hydroxylation is 1. The molecule has 0 saturated heterocycles. The van der Waals surface area contributed by atoms with Crippen molar-refractivity contribution in [3.63, 3.8) is 0 Å². The number of hydrogen-bond acceptors (Lipinski definition) is 2. The Kier molecular flexibility index (Phi) is 5.63. The zero-order valence-corrected chi connectivity index (χ0v) is 10.3. The minimum Gasteiger partial charge on any atom is -0.352 e. The van der Waals surface area contributed by atoms with Gasteiger partial charge in [-0.2, -0.15) is 0 Å². The molecule has 0 unspecified atom stereocenters. The average molecular weight is 238 g/mol. The lowest BCUT2D eigenvalue weighted by molar-refractivity contribution is 0.0949. The second-order valence-electron chi connectivity index (χ2n) is 3.90. The second-order valence-corrected chi connectivity index (χ2v) is 3.90. The Balaban J connectivity index is 2.44. The summed E-state index contributed by atoms with van der Waals surface area (Å²) in [6.07, 6.45) is 0.840. The highest BCUT2D eigenvalue weighted by atomic mass is 19.1. The SMILES string of the molecule is CCNCCCNC(=O)c1cccc(C)c1F. The summed E-state index contributed by atoms with van der Waals surface area (Å²) in [5, 5.41) is 5.86. The molecule has 0 bridgehead atoms. The summed E-state index contributed by atoms with van der Waals surface area (Å²) in [5.74, 6) is -0.778. The lowest BCUT2D eigenvalue weighted by Gasteiger charge is -2.07. The van der Waals surface area contributed by atoms with Crippen molar-refractivity contribution in [2.45, 2.75) is 20.3 Å². The predicted octanol–water partition coefficient (Wildman–Crippen LogP) is 1.86. The fraction of sp³-hybridized carbons (Fsp3) is 0.462. The number of benzene rings is 1. The number of carbonyl (C=O) groups is 1. The highest BCUT2D eigenvalue weighted by Gasteiger charge is 2.11. The van der Waals surface area contributed by atoms with Crippen molar-refractivity contribution in [2.24, 2.45) is 0 Å². The van der Waals surface area contributed by atoms with E-state index in [4.69, 9.17) is 0 Å². The molecule has 0 saturated carbocycles. The monoisotopic (exact) mass is 238 g/mol. The Hall–Kier alpha value is -1.42. The molecule has 0 aromatic heterocycles. The minimum atomic E-state index is -0.434. The number of halogens is 1. The van der Waals surface area contributed by atoms with Crippen LogP contribution in [0.1, 0.15) is 29.3 Å². The van der Waals surface area contributed by atoms with E-state index in [9.17, 15) is 9.18 Å². The molecular weight excluding hydrogens is 219 g/mol. The minimum absolute atomic E-state index is 0.119. The summed E-state index contributed by atoms with van der Waals surface area (Å²) in [5.41, 5.74) is 0.610. The van der Waals surface area contributed by atoms with Crippen LogP contribution in [0.25, 0.3) is 0 Å². The van der Waals surface area contributed by atoms with Crippen LogP contribution in [0.3, 0.4) is 0 Å². The van der Waals surface area contributed by atoms with Gasteiger partial charge in [-0.25, -0.2) is 4.39 Å². The molecule has 3 nitrogen and oxygen atoms in total. The van der Waals surface area contributed by atoms with Gasteiger partial charge in [0.1, 0.15) is 5.82 Å². The molecule has 1 amide bonds. The summed E-state index contributed by atoms with van der Waals surface area (Å²) >= 11 is 0. The number of amides is 1. The van der Waals surface area contributed by atoms with Crippen LogP contribution in [-0.2, 0) is 0 Å². The third-order valence-electron chi connectivity index (χ3n) is 2.50. The van der Waals surface area contributed by atoms with Crippen molar-refractivity contribution in [3.05, 3.63) is 35.1 Å². The first-order valence-corrected chi connectivity index (χ1v) is 5.90. The van der Waals surface area contributed by atoms with Crippen LogP contribution >= 0.6 is 0 Å². The molecule has 0 fully saturated rings. The van der Waals surface area contributed by atoms with Gasteiger partial charge in [0.2, 0.25) is 0 Å². The largest absolute Gasteiger partial charge is 0.352 e. The van der Waals surface area contributed by atoms with E-state index in [0.717, 1.165) is 19.5 Å². The molecule has 0 radical (unpaired) electrons. The third kappa shape index (κ3) is 4.15. The van der Waals surface area contributed by atoms with Gasteiger partial charge < -0.3 is 10.6 Å². The molecule has 0 aliphatic carbocycles. The zero-order valence-electron chi connectivity index (χ0n) is 10.3. The number of hydrogen-bond donors (Lipinski definition) is 2. The number of rotatable bonds is 6. The molecule has 1 rings (SSSR count). The average Bonchev–Trinajstić information content (AvgIpc) is 2.32. The van der Waals surface area contributed by atoms with Crippen LogP contribution in [0.4, 0.5) is 4.39 Å². The van der Waals surface area contributed by atoms with Crippen LogP contribution in [0.2, 0.25) is 0 Å². The van der Waals surface area contributed by atoms with Gasteiger partial charge >= 0.3 is 0 Å². The van der Waals surface area contributed by atoms with E-state index in [0.29, 0.717) is 12.1 Å². The van der Waals surface area contributed by atoms with E-state index < -0.39 is 5.82 Å². The van der Waals surface area contributed by atoms with Gasteiger partial charge in [0.25, 0.3) is 5.91 Å². The molecule has 1 aromatic carbocycles. The molecule has 0 spiro atoms. The lowest BCUT2D eigenvalue weighted by Crippen LogP contribution is -2.28. The van der Waals surface area contributed by atoms with Gasteiger partial charge in [-0.3, -0.25) is 4.79 Å². The lowest BCUT2D eigenvalue weighted by atomic mass is 10.1. The van der Waals surface area contributed by atoms with Crippen molar-refractivity contribution in [3.8, 4) is 0 Å². The maximum absolute atomic E-state index is 13.6. The quantitative estimate of drug-likeness (QED) is 0.743. The molecule has 0 heterocycles. The Bertz CT molecular complexity index is 380. The smallest absolute Gasteiger partial charge is 0.254 e. The Morgan fingerprint density at radius 1 is 1.35 bits per heavy atom. The van der Waals surface area contributed by atoms with Crippen LogP contribution in [-0.4, -0.2) is 25.5 Å². The van der Waals surface area contributed by atoms with E-state index in [1.165, 1.54) is 6.07 Å². The number of nitrogens with one attached hydrogen (secondary N) is 2. The summed E-state index contributed by atoms with van der Waals surface area (Å²) < 4.78 is 13.6. The van der Waals surface area contributed by atoms with E-state index in [-0.39, 0.29) is 11.5 Å². The van der Waals surface area contributed by atoms with E-state index in [1.807, 2.05) is 6.92 Å². The van der Waals surface area contributed by atoms with Gasteiger partial charge in [0, 0.05) is 6.54 Å². The van der Waals surface area contributed by atoms with Gasteiger partial charge in [0.15, 0.2) is 0 Å². The Morgan fingerprint density at radius 2 is 2.12 bits per heavy atom. The summed E-state index contributed by atoms with van der Waals surface area (Å²) in [7, 11) is 0. The summed E-state index contributed by atoms with van der Waals surface area (Å²) in [6, 6.07) is 4.84. The first-order valence-electron chi connectivity index (χ1n) is 5.90. The predicted molar refractivity (Wildman–Crippen MR) is 66.6 cm³/mol. The summed E-state index contributed by atoms with van der Waals surface area (Å²) in [6.45, 7) is 6.00. The van der Waals surface area contributed by atoms with E-state index >= 15 is 0 Å². The zero-order chi connectivity index (χ0) is 12.7. The molecule has 4 heteroatoms. The molecule has 2 N–H and O–H groups in total. The van der Waals surface area contributed by atoms with Crippen LogP contribution < -0.4 is 10.6 Å². The van der Waals surface area contributed by atoms with E-state index in [1.54, 1.807) is 19.1 Å². The fourth-order valence-corrected chi connectivity index (χ4v) is 1.51. The fourth-order valence-electron chi connectivity index (χ4n) is 1.51. The van der Waals surface area contributed by atoms with Crippen molar-refractivity contribution in [2.75, 3.05) is 19.6 Å². The molecule has 1 aromatic rings. The second kappa shape index (κ2) is 7.01. The van der Waals surface area contributed by atoms with Crippen molar-refractivity contribution in [1.29, 1.82) is 0 Å². The molecule has 17 heavy (non-hydrogen) atoms. The van der Waals surface area contributed by atoms with Gasteiger partial charge in [-0.1, -0.05) is 19.1 Å². The van der Waals surface area contributed by atoms with Crippen molar-refractivity contribution >= 4 is 5.91 Å².